The van der Waals surface area contributed by atoms with E-state index in [4.69, 9.17) is 35.9 Å². The lowest BCUT2D eigenvalue weighted by molar-refractivity contribution is -0.144. The average molecular weight is 1370 g/mol. The zero-order chi connectivity index (χ0) is 71.1. The van der Waals surface area contributed by atoms with E-state index in [0.717, 1.165) is 131 Å². The number of hydrogen-bond acceptors (Lipinski definition) is 16. The summed E-state index contributed by atoms with van der Waals surface area (Å²) in [5.41, 5.74) is 24.6. The maximum atomic E-state index is 13.9. The summed E-state index contributed by atoms with van der Waals surface area (Å²) in [5, 5.41) is 9.55. The number of fused-ring (bicyclic) bond motifs is 3. The highest BCUT2D eigenvalue weighted by molar-refractivity contribution is 5.91. The first-order chi connectivity index (χ1) is 48.0. The van der Waals surface area contributed by atoms with Crippen LogP contribution in [0.4, 0.5) is 11.4 Å². The van der Waals surface area contributed by atoms with E-state index in [1.54, 1.807) is 6.20 Å². The van der Waals surface area contributed by atoms with E-state index in [-0.39, 0.29) is 74.0 Å². The number of rotatable bonds is 32. The van der Waals surface area contributed by atoms with Crippen LogP contribution in [0.2, 0.25) is 0 Å². The Bertz CT molecular complexity index is 4130. The quantitative estimate of drug-likeness (QED) is 0.0183. The Balaban J connectivity index is 0.644. The Morgan fingerprint density at radius 1 is 0.560 bits per heavy atom. The van der Waals surface area contributed by atoms with Crippen LogP contribution in [0.1, 0.15) is 111 Å². The molecular formula is C76H103N17O7. The average Bonchev–Trinajstić information content (AvgIpc) is 1.53. The number of hydrogen-bond donors (Lipinski definition) is 8. The Morgan fingerprint density at radius 2 is 1.13 bits per heavy atom. The van der Waals surface area contributed by atoms with Crippen molar-refractivity contribution in [2.24, 2.45) is 11.5 Å². The lowest BCUT2D eigenvalue weighted by atomic mass is 9.78. The minimum absolute atomic E-state index is 0.0840. The summed E-state index contributed by atoms with van der Waals surface area (Å²) < 4.78 is 12.8. The van der Waals surface area contributed by atoms with Crippen molar-refractivity contribution >= 4 is 74.0 Å². The van der Waals surface area contributed by atoms with Gasteiger partial charge in [-0.25, -0.2) is 15.0 Å². The minimum atomic E-state index is -0.741. The van der Waals surface area contributed by atoms with E-state index in [0.29, 0.717) is 69.9 Å². The van der Waals surface area contributed by atoms with Gasteiger partial charge in [0.1, 0.15) is 29.0 Å². The molecule has 534 valence electrons. The van der Waals surface area contributed by atoms with E-state index < -0.39 is 24.3 Å². The number of imidazole rings is 3. The summed E-state index contributed by atoms with van der Waals surface area (Å²) in [6.07, 6.45) is 4.67. The molecular weight excluding hydrogens is 1260 g/mol. The molecule has 2 aliphatic rings. The molecule has 24 heteroatoms. The van der Waals surface area contributed by atoms with Crippen molar-refractivity contribution in [3.05, 3.63) is 114 Å². The van der Waals surface area contributed by atoms with E-state index in [2.05, 4.69) is 149 Å². The molecule has 0 atom stereocenters. The highest BCUT2D eigenvalue weighted by Crippen LogP contribution is 2.43. The Morgan fingerprint density at radius 3 is 1.80 bits per heavy atom. The molecule has 5 heterocycles. The summed E-state index contributed by atoms with van der Waals surface area (Å²) >= 11 is 0. The van der Waals surface area contributed by atoms with E-state index in [9.17, 15) is 24.0 Å². The fourth-order valence-corrected chi connectivity index (χ4v) is 12.7. The van der Waals surface area contributed by atoms with Gasteiger partial charge in [-0.2, -0.15) is 0 Å². The molecule has 0 radical (unpaired) electrons. The van der Waals surface area contributed by atoms with Crippen LogP contribution in [0.3, 0.4) is 0 Å². The number of nitrogens with zero attached hydrogens (tertiary/aromatic N) is 9. The van der Waals surface area contributed by atoms with E-state index >= 15 is 0 Å². The third kappa shape index (κ3) is 19.4. The monoisotopic (exact) mass is 1370 g/mol. The largest absolute Gasteiger partial charge is 0.494 e. The molecule has 10 rings (SSSR count). The number of aromatic amines is 3. The highest BCUT2D eigenvalue weighted by atomic mass is 16.5. The van der Waals surface area contributed by atoms with Gasteiger partial charge in [0.05, 0.1) is 72.5 Å². The smallest absolute Gasteiger partial charge is 0.243 e. The predicted molar refractivity (Wildman–Crippen MR) is 397 cm³/mol. The van der Waals surface area contributed by atoms with Crippen LogP contribution >= 0.6 is 0 Å². The van der Waals surface area contributed by atoms with Gasteiger partial charge in [-0.15, -0.1) is 0 Å². The van der Waals surface area contributed by atoms with Crippen molar-refractivity contribution in [1.82, 2.24) is 65.5 Å². The summed E-state index contributed by atoms with van der Waals surface area (Å²) in [6.45, 7) is 25.9. The Labute approximate surface area is 587 Å². The van der Waals surface area contributed by atoms with Crippen LogP contribution < -0.4 is 46.7 Å². The molecule has 8 aromatic rings. The van der Waals surface area contributed by atoms with Crippen molar-refractivity contribution in [1.29, 1.82) is 0 Å². The summed E-state index contributed by atoms with van der Waals surface area (Å²) in [5.74, 6) is 1.80. The van der Waals surface area contributed by atoms with Crippen molar-refractivity contribution in [3.63, 3.8) is 0 Å². The molecule has 24 nitrogen and oxygen atoms in total. The number of H-pyrrole nitrogens is 3. The number of nitrogens with two attached hydrogens (primary N) is 2. The number of nitrogens with one attached hydrogen (secondary N) is 6. The number of piperazine rings is 2. The van der Waals surface area contributed by atoms with Crippen molar-refractivity contribution < 1.29 is 33.4 Å². The van der Waals surface area contributed by atoms with Crippen LogP contribution in [0.5, 0.6) is 11.5 Å². The number of ether oxygens (including phenoxy) is 2. The first kappa shape index (κ1) is 73.0. The topological polar surface area (TPSA) is 297 Å². The van der Waals surface area contributed by atoms with Gasteiger partial charge in [-0.3, -0.25) is 24.0 Å². The fraction of sp³-hybridized carbons (Fsp3) is 0.474. The maximum Gasteiger partial charge on any atom is 0.243 e. The molecule has 5 amide bonds. The van der Waals surface area contributed by atoms with Crippen LogP contribution in [0.15, 0.2) is 103 Å². The molecule has 100 heavy (non-hydrogen) atoms. The number of likely N-dealkylation sites (N-methyl/N-ethyl adjacent to an activating group) is 1. The lowest BCUT2D eigenvalue weighted by Gasteiger charge is -2.34. The van der Waals surface area contributed by atoms with Crippen molar-refractivity contribution in [3.8, 4) is 45.7 Å². The summed E-state index contributed by atoms with van der Waals surface area (Å²) in [4.78, 5) is 104. The Hall–Kier alpha value is -9.68. The number of aromatic nitrogens is 6. The number of carbonyl (C=O) groups excluding carboxylic acids is 5. The van der Waals surface area contributed by atoms with Gasteiger partial charge in [-0.1, -0.05) is 67.5 Å². The first-order valence-corrected chi connectivity index (χ1v) is 35.5. The number of anilines is 2. The highest BCUT2D eigenvalue weighted by Gasteiger charge is 2.30. The molecule has 0 aliphatic carbocycles. The Kier molecular flexibility index (Phi) is 24.4. The summed E-state index contributed by atoms with van der Waals surface area (Å²) in [6, 6.07) is 31.0. The number of benzene rings is 5. The SMILES string of the molecule is CCCN(CC(=O)N(CCC)CC(=O)N(CC(N)=O)C/C(N)=C/NCCCNC(=O)CCCOc1c(C(C)(C)C)cc(-c2nc3cc(N4CCN(C)CC4)ccc3[nH]2)cc1C(C)(C)C)C(=O)CCCOc1cccc(-c2nc3ccc(-c4nc5ccc(N6CCNCC6)cc5[nH]4)cc3[nH]2)c1. The maximum absolute atomic E-state index is 13.9. The first-order valence-electron chi connectivity index (χ1n) is 35.5. The molecule has 10 N–H and O–H groups in total. The van der Waals surface area contributed by atoms with Crippen molar-refractivity contribution in [2.75, 3.05) is 135 Å². The van der Waals surface area contributed by atoms with Gasteiger partial charge in [0.2, 0.25) is 29.5 Å². The van der Waals surface area contributed by atoms with Gasteiger partial charge in [0.25, 0.3) is 0 Å². The van der Waals surface area contributed by atoms with E-state index in [1.807, 2.05) is 50.2 Å². The molecule has 2 saturated heterocycles. The van der Waals surface area contributed by atoms with Gasteiger partial charge < -0.3 is 81.2 Å². The number of carbonyl (C=O) groups is 5. The van der Waals surface area contributed by atoms with Crippen LogP contribution in [-0.4, -0.2) is 204 Å². The molecule has 0 spiro atoms. The molecule has 5 aromatic carbocycles. The van der Waals surface area contributed by atoms with Crippen LogP contribution in [0.25, 0.3) is 67.3 Å². The third-order valence-corrected chi connectivity index (χ3v) is 18.2. The number of amides is 5. The molecule has 2 fully saturated rings. The normalized spacial score (nSPS) is 14.0. The van der Waals surface area contributed by atoms with Gasteiger partial charge in [-0.05, 0) is 129 Å². The van der Waals surface area contributed by atoms with Crippen molar-refractivity contribution in [2.45, 2.75) is 111 Å². The zero-order valence-corrected chi connectivity index (χ0v) is 60.0. The fourth-order valence-electron chi connectivity index (χ4n) is 12.7. The lowest BCUT2D eigenvalue weighted by Crippen LogP contribution is -2.49. The predicted octanol–water partition coefficient (Wildman–Crippen LogP) is 8.78. The zero-order valence-electron chi connectivity index (χ0n) is 60.0. The minimum Gasteiger partial charge on any atom is -0.494 e. The van der Waals surface area contributed by atoms with Crippen LogP contribution in [-0.2, 0) is 34.8 Å². The summed E-state index contributed by atoms with van der Waals surface area (Å²) in [7, 11) is 2.16. The second-order valence-electron chi connectivity index (χ2n) is 28.5. The third-order valence-electron chi connectivity index (χ3n) is 18.2. The molecule has 3 aromatic heterocycles. The molecule has 0 unspecified atom stereocenters. The van der Waals surface area contributed by atoms with Crippen LogP contribution in [0, 0.1) is 0 Å². The molecule has 0 saturated carbocycles. The standard InChI is InChI=1S/C76H103N17O7/c1-10-30-91(68(96)19-14-38-99-57-17-12-16-51(40-57)72-82-60-23-20-52(43-63(60)85-72)73-83-61-24-21-55(44-64(61)86-73)89-32-28-79-29-33-89)49-69(97)92(31-11-2)50-70(98)93(48-66(78)94)47-54(77)46-80-26-15-27-81-67(95)18-13-39-100-71-58(75(3,4)5)41-53(42-59(71)76(6,7)8)74-84-62-25-22-56(45-65(62)87-74)90-36-34-88(9)35-37-90/h12,16-17,20-25,40-46,79-80H,10-11,13-15,18-19,26-39,47-50,77H2,1-9H3,(H2,78,94)(H,81,95)(H,82,85)(H,83,86)(H,84,87)/b54-46-. The van der Waals surface area contributed by atoms with Gasteiger partial charge in [0, 0.05) is 142 Å². The van der Waals surface area contributed by atoms with Gasteiger partial charge in [0.15, 0.2) is 0 Å². The second kappa shape index (κ2) is 33.5. The second-order valence-corrected chi connectivity index (χ2v) is 28.5. The van der Waals surface area contributed by atoms with Gasteiger partial charge >= 0.3 is 0 Å². The molecule has 0 bridgehead atoms. The number of primary amides is 1. The van der Waals surface area contributed by atoms with E-state index in [1.165, 1.54) is 26.1 Å². The molecule has 2 aliphatic heterocycles.